The van der Waals surface area contributed by atoms with Crippen LogP contribution in [-0.2, 0) is 21.1 Å². The molecule has 0 aliphatic carbocycles. The zero-order valence-corrected chi connectivity index (χ0v) is 46.1. The second-order valence-electron chi connectivity index (χ2n) is 20.0. The van der Waals surface area contributed by atoms with E-state index in [0.29, 0.717) is 39.9 Å². The molecule has 79 heavy (non-hydrogen) atoms. The third-order valence-corrected chi connectivity index (χ3v) is 14.4. The minimum Gasteiger partial charge on any atom is -0.509 e. The van der Waals surface area contributed by atoms with Crippen molar-refractivity contribution >= 4 is 44.6 Å². The van der Waals surface area contributed by atoms with Crippen LogP contribution in [0, 0.1) is 18.8 Å². The summed E-state index contributed by atoms with van der Waals surface area (Å²) in [4.78, 5) is 9.38. The molecule has 0 saturated heterocycles. The van der Waals surface area contributed by atoms with Gasteiger partial charge in [-0.05, 0) is 74.9 Å². The minimum atomic E-state index is -0.464. The van der Waals surface area contributed by atoms with Crippen molar-refractivity contribution in [3.05, 3.63) is 273 Å². The van der Waals surface area contributed by atoms with Crippen LogP contribution >= 0.6 is 0 Å². The van der Waals surface area contributed by atoms with Crippen molar-refractivity contribution in [3.63, 3.8) is 0 Å². The molecule has 7 heteroatoms. The van der Waals surface area contributed by atoms with Crippen molar-refractivity contribution in [2.24, 2.45) is 0 Å². The number of hydrogen-bond acceptors (Lipinski definition) is 5. The first-order chi connectivity index (χ1) is 40.4. The molecule has 0 saturated carbocycles. The van der Waals surface area contributed by atoms with Crippen molar-refractivity contribution in [1.82, 2.24) is 9.55 Å². The van der Waals surface area contributed by atoms with Gasteiger partial charge in [0, 0.05) is 89.7 Å². The number of ether oxygens (including phenoxy) is 2. The smallest absolute Gasteiger partial charge is 0.143 e. The third kappa shape index (κ3) is 9.79. The molecule has 0 fully saturated rings. The van der Waals surface area contributed by atoms with E-state index in [1.54, 1.807) is 18.3 Å². The van der Waals surface area contributed by atoms with E-state index in [4.69, 9.17) is 21.3 Å². The van der Waals surface area contributed by atoms with Crippen LogP contribution < -0.4 is 19.3 Å². The van der Waals surface area contributed by atoms with Gasteiger partial charge in [0.05, 0.1) is 6.85 Å². The number of nitrogens with zero attached hydrogens (tertiary/aromatic N) is 4. The first kappa shape index (κ1) is 45.1. The maximum absolute atomic E-state index is 9.09. The van der Waals surface area contributed by atoms with Crippen LogP contribution in [-0.4, -0.2) is 9.55 Å². The monoisotopic (exact) mass is 1210 g/mol. The quantitative estimate of drug-likeness (QED) is 0.108. The molecule has 1 aliphatic rings. The molecule has 13 rings (SSSR count). The van der Waals surface area contributed by atoms with Gasteiger partial charge in [0.1, 0.15) is 17.3 Å². The van der Waals surface area contributed by atoms with Gasteiger partial charge in [-0.15, -0.1) is 48.1 Å². The van der Waals surface area contributed by atoms with E-state index in [1.165, 1.54) is 0 Å². The summed E-state index contributed by atoms with van der Waals surface area (Å²) in [5.74, 6) is 2.73. The summed E-state index contributed by atoms with van der Waals surface area (Å²) in [6.45, 7) is 10.8. The molecule has 10 aromatic carbocycles. The molecule has 0 N–H and O–H groups in total. The van der Waals surface area contributed by atoms with E-state index in [9.17, 15) is 0 Å². The number of aromatic nitrogens is 2. The summed E-state index contributed by atoms with van der Waals surface area (Å²) in [5.41, 5.74) is 14.2. The van der Waals surface area contributed by atoms with E-state index in [-0.39, 0.29) is 50.5 Å². The Hall–Kier alpha value is -8.96. The Kier molecular flexibility index (Phi) is 12.5. The van der Waals surface area contributed by atoms with Crippen molar-refractivity contribution in [2.45, 2.75) is 39.5 Å². The molecule has 3 heterocycles. The van der Waals surface area contributed by atoms with Gasteiger partial charge in [-0.25, -0.2) is 4.98 Å². The van der Waals surface area contributed by atoms with Gasteiger partial charge in [-0.3, -0.25) is 0 Å². The molecular weight excluding hydrogens is 1150 g/mol. The Bertz CT molecular complexity index is 4360. The number of benzene rings is 10. The van der Waals surface area contributed by atoms with Gasteiger partial charge >= 0.3 is 0 Å². The first-order valence-corrected chi connectivity index (χ1v) is 26.3. The Morgan fingerprint density at radius 2 is 1.09 bits per heavy atom. The van der Waals surface area contributed by atoms with Crippen molar-refractivity contribution in [3.8, 4) is 73.3 Å². The maximum Gasteiger partial charge on any atom is 0.143 e. The topological polar surface area (TPSA) is 42.8 Å². The first-order valence-electron chi connectivity index (χ1n) is 28.8. The average Bonchev–Trinajstić information content (AvgIpc) is 4.22. The van der Waals surface area contributed by atoms with Crippen LogP contribution in [0.25, 0.3) is 72.1 Å². The Morgan fingerprint density at radius 1 is 0.494 bits per heavy atom. The van der Waals surface area contributed by atoms with Gasteiger partial charge in [-0.2, -0.15) is 12.1 Å². The fraction of sp³-hybridized carbons (Fsp3) is 0.0833. The van der Waals surface area contributed by atoms with Crippen molar-refractivity contribution in [2.75, 3.05) is 9.80 Å². The van der Waals surface area contributed by atoms with Crippen LogP contribution in [0.3, 0.4) is 0 Å². The SMILES string of the molecule is [2H]c1c([2H])c([2H])c(-c2cccc(-c3cc(C(C)C)cc(C(C)C)c3)c2Oc2ccnc(-n3c4[c-]c(Oc5[c-]c(N6[CH-]N(c7c(-c8ccccc8)cccc7-c7ccccc7)c7ccccc76)ccc5)ccc4c4ccccc43)c2)c([2H])c1[2H].[Pt]. The van der Waals surface area contributed by atoms with Crippen molar-refractivity contribution < 1.29 is 37.4 Å². The van der Waals surface area contributed by atoms with Crippen LogP contribution in [0.4, 0.5) is 22.7 Å². The fourth-order valence-electron chi connectivity index (χ4n) is 10.6. The molecule has 6 nitrogen and oxygen atoms in total. The molecule has 12 aromatic rings. The zero-order valence-electron chi connectivity index (χ0n) is 48.9. The van der Waals surface area contributed by atoms with Crippen LogP contribution in [0.15, 0.2) is 243 Å². The molecule has 0 radical (unpaired) electrons. The summed E-state index contributed by atoms with van der Waals surface area (Å²) in [7, 11) is 0. The molecule has 1 aliphatic heterocycles. The molecule has 0 atom stereocenters. The molecule has 0 unspecified atom stereocenters. The normalized spacial score (nSPS) is 13.0. The predicted molar refractivity (Wildman–Crippen MR) is 321 cm³/mol. The zero-order chi connectivity index (χ0) is 57.0. The fourth-order valence-corrected chi connectivity index (χ4v) is 10.6. The van der Waals surface area contributed by atoms with E-state index in [0.717, 1.165) is 83.5 Å². The average molecular weight is 1210 g/mol. The van der Waals surface area contributed by atoms with E-state index < -0.39 is 18.1 Å². The molecule has 0 spiro atoms. The van der Waals surface area contributed by atoms with Gasteiger partial charge < -0.3 is 23.8 Å². The van der Waals surface area contributed by atoms with E-state index >= 15 is 0 Å². The predicted octanol–water partition coefficient (Wildman–Crippen LogP) is 19.7. The van der Waals surface area contributed by atoms with Gasteiger partial charge in [0.25, 0.3) is 0 Å². The summed E-state index contributed by atoms with van der Waals surface area (Å²) < 4.78 is 59.7. The van der Waals surface area contributed by atoms with E-state index in [1.807, 2.05) is 83.4 Å². The van der Waals surface area contributed by atoms with Crippen molar-refractivity contribution in [1.29, 1.82) is 0 Å². The van der Waals surface area contributed by atoms with Gasteiger partial charge in [0.15, 0.2) is 0 Å². The Balaban J connectivity index is 0.00000694. The second-order valence-corrected chi connectivity index (χ2v) is 20.0. The molecular formula is C72H55N4O2Pt-3. The van der Waals surface area contributed by atoms with Crippen LogP contribution in [0.2, 0.25) is 0 Å². The van der Waals surface area contributed by atoms with Gasteiger partial charge in [-0.1, -0.05) is 209 Å². The number of hydrogen-bond donors (Lipinski definition) is 0. The summed E-state index contributed by atoms with van der Waals surface area (Å²) in [6, 6.07) is 74.9. The number of pyridine rings is 1. The largest absolute Gasteiger partial charge is 0.509 e. The van der Waals surface area contributed by atoms with Crippen LogP contribution in [0.5, 0.6) is 23.0 Å². The van der Waals surface area contributed by atoms with E-state index in [2.05, 4.69) is 172 Å². The number of para-hydroxylation sites is 5. The molecule has 0 amide bonds. The minimum absolute atomic E-state index is 0. The molecule has 2 aromatic heterocycles. The number of anilines is 4. The molecule has 388 valence electrons. The molecule has 0 bridgehead atoms. The number of rotatable bonds is 13. The van der Waals surface area contributed by atoms with Gasteiger partial charge in [0.2, 0.25) is 0 Å². The summed E-state index contributed by atoms with van der Waals surface area (Å²) >= 11 is 0. The number of fused-ring (bicyclic) bond motifs is 4. The Labute approximate surface area is 484 Å². The standard InChI is InChI=1S/C72H55N4O2.Pt/c1-48(2)53-41-54(49(3)4)43-55(42-53)63-33-20-32-62(52-25-12-7-13-26-52)72(63)78-59-39-40-73-70(46-59)76-66-34-15-14-29-64(66)65-38-37-58(45-69(65)76)77-57-28-18-27-56(44-57)74-47-75(68-36-17-16-35-67(68)74)71-60(50-21-8-5-9-22-50)30-19-31-61(71)51-23-10-6-11-24-51;/h5-43,46-49H,1-4H3;/q-3;/i7D,12D,13D,25D,26D;. The third-order valence-electron chi connectivity index (χ3n) is 14.4. The maximum atomic E-state index is 9.09. The second kappa shape index (κ2) is 21.8. The summed E-state index contributed by atoms with van der Waals surface area (Å²) in [6.07, 6.45) is 1.69. The summed E-state index contributed by atoms with van der Waals surface area (Å²) in [5, 5.41) is 1.93. The van der Waals surface area contributed by atoms with Crippen LogP contribution in [0.1, 0.15) is 57.5 Å². The Morgan fingerprint density at radius 3 is 1.77 bits per heavy atom.